The summed E-state index contributed by atoms with van der Waals surface area (Å²) in [6.07, 6.45) is 0.177. The minimum absolute atomic E-state index is 0.0881. The highest BCUT2D eigenvalue weighted by Crippen LogP contribution is 2.33. The third-order valence-electron chi connectivity index (χ3n) is 2.24. The number of halogens is 4. The van der Waals surface area contributed by atoms with Gasteiger partial charge in [0.2, 0.25) is 5.24 Å². The number of alkyl halides is 1. The van der Waals surface area contributed by atoms with Gasteiger partial charge in [0.1, 0.15) is 0 Å². The van der Waals surface area contributed by atoms with Gasteiger partial charge in [-0.3, -0.25) is 4.79 Å². The number of benzene rings is 1. The van der Waals surface area contributed by atoms with Crippen molar-refractivity contribution in [1.29, 1.82) is 0 Å². The van der Waals surface area contributed by atoms with Crippen molar-refractivity contribution in [3.8, 4) is 0 Å². The van der Waals surface area contributed by atoms with Crippen LogP contribution in [0.2, 0.25) is 0 Å². The molecule has 0 saturated heterocycles. The number of carbonyl (C=O) groups excluding carboxylic acids is 1. The maximum Gasteiger partial charge on any atom is 0.221 e. The fourth-order valence-electron chi connectivity index (χ4n) is 1.37. The van der Waals surface area contributed by atoms with Crippen LogP contribution in [0.4, 0.5) is 8.78 Å². The second-order valence-corrected chi connectivity index (χ2v) is 5.02. The summed E-state index contributed by atoms with van der Waals surface area (Å²) in [5, 5.41) is -0.445. The Labute approximate surface area is 106 Å². The molecule has 0 aromatic heterocycles. The van der Waals surface area contributed by atoms with Gasteiger partial charge in [0.15, 0.2) is 11.6 Å². The van der Waals surface area contributed by atoms with E-state index >= 15 is 0 Å². The molecule has 0 spiro atoms. The number of hydrogen-bond acceptors (Lipinski definition) is 1. The van der Waals surface area contributed by atoms with Gasteiger partial charge in [-0.15, -0.1) is 0 Å². The second-order valence-electron chi connectivity index (χ2n) is 3.61. The van der Waals surface area contributed by atoms with Crippen LogP contribution in [0.1, 0.15) is 23.7 Å². The van der Waals surface area contributed by atoms with Gasteiger partial charge in [0.05, 0.1) is 0 Å². The highest BCUT2D eigenvalue weighted by atomic mass is 79.9. The van der Waals surface area contributed by atoms with E-state index in [-0.39, 0.29) is 17.2 Å². The first-order valence-electron chi connectivity index (χ1n) is 4.69. The molecule has 0 radical (unpaired) electrons. The Hall–Kier alpha value is -0.480. The summed E-state index contributed by atoms with van der Waals surface area (Å²) < 4.78 is 25.7. The molecule has 2 atom stereocenters. The van der Waals surface area contributed by atoms with Crippen LogP contribution in [0.5, 0.6) is 0 Å². The molecule has 0 amide bonds. The molecule has 1 rings (SSSR count). The SMILES string of the molecule is CC(CC(=O)Cl)C(Br)c1ccc(F)c(F)c1. The minimum atomic E-state index is -0.897. The van der Waals surface area contributed by atoms with Crippen LogP contribution in [0.3, 0.4) is 0 Å². The average molecular weight is 312 g/mol. The van der Waals surface area contributed by atoms with Crippen LogP contribution in [-0.4, -0.2) is 5.24 Å². The fourth-order valence-corrected chi connectivity index (χ4v) is 2.08. The van der Waals surface area contributed by atoms with Crippen molar-refractivity contribution in [2.45, 2.75) is 18.2 Å². The largest absolute Gasteiger partial charge is 0.281 e. The monoisotopic (exact) mass is 310 g/mol. The van der Waals surface area contributed by atoms with E-state index in [1.165, 1.54) is 6.07 Å². The zero-order valence-electron chi connectivity index (χ0n) is 8.51. The van der Waals surface area contributed by atoms with Crippen LogP contribution < -0.4 is 0 Å². The van der Waals surface area contributed by atoms with E-state index in [9.17, 15) is 13.6 Å². The van der Waals surface area contributed by atoms with Gasteiger partial charge in [-0.1, -0.05) is 28.9 Å². The molecule has 0 saturated carbocycles. The van der Waals surface area contributed by atoms with Crippen molar-refractivity contribution in [2.24, 2.45) is 5.92 Å². The molecule has 1 aromatic carbocycles. The van der Waals surface area contributed by atoms with Crippen LogP contribution in [0.15, 0.2) is 18.2 Å². The lowest BCUT2D eigenvalue weighted by atomic mass is 9.98. The highest BCUT2D eigenvalue weighted by Gasteiger charge is 2.19. The van der Waals surface area contributed by atoms with E-state index in [0.29, 0.717) is 5.56 Å². The first-order valence-corrected chi connectivity index (χ1v) is 5.98. The van der Waals surface area contributed by atoms with E-state index in [4.69, 9.17) is 11.6 Å². The third-order valence-corrected chi connectivity index (χ3v) is 3.83. The van der Waals surface area contributed by atoms with Gasteiger partial charge in [-0.05, 0) is 35.2 Å². The normalized spacial score (nSPS) is 14.6. The quantitative estimate of drug-likeness (QED) is 0.602. The molecule has 0 aliphatic heterocycles. The Bertz CT molecular complexity index is 398. The van der Waals surface area contributed by atoms with Gasteiger partial charge < -0.3 is 0 Å². The Morgan fingerprint density at radius 3 is 2.56 bits per heavy atom. The molecule has 0 heterocycles. The molecule has 88 valence electrons. The highest BCUT2D eigenvalue weighted by molar-refractivity contribution is 9.09. The molecule has 1 nitrogen and oxygen atoms in total. The smallest absolute Gasteiger partial charge is 0.221 e. The standard InChI is InChI=1S/C11H10BrClF2O/c1-6(4-10(13)16)11(12)7-2-3-8(14)9(15)5-7/h2-3,5-6,11H,4H2,1H3. The predicted molar refractivity (Wildman–Crippen MR) is 62.7 cm³/mol. The maximum atomic E-state index is 13.0. The van der Waals surface area contributed by atoms with E-state index in [1.807, 2.05) is 0 Å². The molecule has 16 heavy (non-hydrogen) atoms. The zero-order valence-corrected chi connectivity index (χ0v) is 10.9. The van der Waals surface area contributed by atoms with Crippen molar-refractivity contribution < 1.29 is 13.6 Å². The summed E-state index contributed by atoms with van der Waals surface area (Å²) in [4.78, 5) is 10.5. The van der Waals surface area contributed by atoms with E-state index in [1.54, 1.807) is 6.92 Å². The minimum Gasteiger partial charge on any atom is -0.281 e. The van der Waals surface area contributed by atoms with E-state index < -0.39 is 16.9 Å². The lowest BCUT2D eigenvalue weighted by Gasteiger charge is -2.17. The topological polar surface area (TPSA) is 17.1 Å². The van der Waals surface area contributed by atoms with Crippen molar-refractivity contribution in [3.63, 3.8) is 0 Å². The molecule has 2 unspecified atom stereocenters. The van der Waals surface area contributed by atoms with E-state index in [0.717, 1.165) is 12.1 Å². The molecule has 5 heteroatoms. The fraction of sp³-hybridized carbons (Fsp3) is 0.364. The molecule has 1 aromatic rings. The summed E-state index contributed by atoms with van der Waals surface area (Å²) in [7, 11) is 0. The Balaban J connectivity index is 2.83. The summed E-state index contributed by atoms with van der Waals surface area (Å²) in [5.74, 6) is -1.87. The van der Waals surface area contributed by atoms with Crippen LogP contribution in [0, 0.1) is 17.6 Å². The first kappa shape index (κ1) is 13.6. The number of hydrogen-bond donors (Lipinski definition) is 0. The third kappa shape index (κ3) is 3.52. The summed E-state index contributed by atoms with van der Waals surface area (Å²) >= 11 is 8.61. The summed E-state index contributed by atoms with van der Waals surface area (Å²) in [5.41, 5.74) is 0.587. The van der Waals surface area contributed by atoms with Crippen molar-refractivity contribution in [1.82, 2.24) is 0 Å². The van der Waals surface area contributed by atoms with Gasteiger partial charge >= 0.3 is 0 Å². The molecule has 0 aliphatic carbocycles. The average Bonchev–Trinajstić information content (AvgIpc) is 2.20. The number of carbonyl (C=O) groups is 1. The first-order chi connectivity index (χ1) is 7.41. The van der Waals surface area contributed by atoms with E-state index in [2.05, 4.69) is 15.9 Å². The lowest BCUT2D eigenvalue weighted by molar-refractivity contribution is -0.112. The van der Waals surface area contributed by atoms with Crippen LogP contribution >= 0.6 is 27.5 Å². The predicted octanol–water partition coefficient (Wildman–Crippen LogP) is 4.19. The molecular weight excluding hydrogens is 301 g/mol. The summed E-state index contributed by atoms with van der Waals surface area (Å²) in [6.45, 7) is 1.81. The van der Waals surface area contributed by atoms with Gasteiger partial charge in [-0.25, -0.2) is 8.78 Å². The number of rotatable bonds is 4. The van der Waals surface area contributed by atoms with Crippen molar-refractivity contribution in [2.75, 3.05) is 0 Å². The van der Waals surface area contributed by atoms with Crippen molar-refractivity contribution in [3.05, 3.63) is 35.4 Å². The van der Waals surface area contributed by atoms with Gasteiger partial charge in [-0.2, -0.15) is 0 Å². The molecule has 0 bridgehead atoms. The Kier molecular flexibility index (Phi) is 4.87. The lowest BCUT2D eigenvalue weighted by Crippen LogP contribution is -2.07. The molecule has 0 aliphatic rings. The Morgan fingerprint density at radius 2 is 2.06 bits per heavy atom. The summed E-state index contributed by atoms with van der Waals surface area (Å²) in [6, 6.07) is 3.66. The van der Waals surface area contributed by atoms with Gasteiger partial charge in [0.25, 0.3) is 0 Å². The maximum absolute atomic E-state index is 13.0. The van der Waals surface area contributed by atoms with Crippen LogP contribution in [-0.2, 0) is 4.79 Å². The van der Waals surface area contributed by atoms with Crippen molar-refractivity contribution >= 4 is 32.8 Å². The molecule has 0 N–H and O–H groups in total. The molecule has 0 fully saturated rings. The van der Waals surface area contributed by atoms with Crippen LogP contribution in [0.25, 0.3) is 0 Å². The Morgan fingerprint density at radius 1 is 1.44 bits per heavy atom. The van der Waals surface area contributed by atoms with Gasteiger partial charge in [0, 0.05) is 11.2 Å². The molecular formula is C11H10BrClF2O. The second kappa shape index (κ2) is 5.73. The zero-order chi connectivity index (χ0) is 12.3.